The van der Waals surface area contributed by atoms with Gasteiger partial charge in [-0.2, -0.15) is 5.26 Å². The Bertz CT molecular complexity index is 760. The first-order chi connectivity index (χ1) is 12.8. The van der Waals surface area contributed by atoms with Crippen molar-refractivity contribution in [2.75, 3.05) is 5.75 Å². The van der Waals surface area contributed by atoms with E-state index in [2.05, 4.69) is 0 Å². The van der Waals surface area contributed by atoms with Gasteiger partial charge in [-0.25, -0.2) is 0 Å². The zero-order valence-electron chi connectivity index (χ0n) is 15.0. The Balaban J connectivity index is 2.29. The SMILES string of the molecule is CC(=O)O[C@@H]1[C@@H](OC(C)=O)[C@@H](Oc2cccc(C#N)c2)SC[C@H]1OC(C)=O. The zero-order valence-corrected chi connectivity index (χ0v) is 15.9. The van der Waals surface area contributed by atoms with Gasteiger partial charge in [0.15, 0.2) is 23.7 Å². The van der Waals surface area contributed by atoms with Gasteiger partial charge in [-0.15, -0.1) is 11.8 Å². The molecule has 1 aliphatic heterocycles. The van der Waals surface area contributed by atoms with Crippen LogP contribution in [0.2, 0.25) is 0 Å². The highest BCUT2D eigenvalue weighted by Crippen LogP contribution is 2.34. The van der Waals surface area contributed by atoms with E-state index in [0.717, 1.165) is 0 Å². The van der Waals surface area contributed by atoms with E-state index < -0.39 is 41.7 Å². The van der Waals surface area contributed by atoms with Gasteiger partial charge in [0, 0.05) is 26.5 Å². The van der Waals surface area contributed by atoms with Crippen LogP contribution in [-0.2, 0) is 28.6 Å². The molecule has 0 aromatic heterocycles. The lowest BCUT2D eigenvalue weighted by atomic mass is 10.1. The third-order valence-corrected chi connectivity index (χ3v) is 4.73. The van der Waals surface area contributed by atoms with E-state index in [-0.39, 0.29) is 5.75 Å². The molecule has 1 saturated heterocycles. The number of carbonyl (C=O) groups excluding carboxylic acids is 3. The van der Waals surface area contributed by atoms with E-state index in [9.17, 15) is 14.4 Å². The molecule has 1 aromatic carbocycles. The Morgan fingerprint density at radius 3 is 2.26 bits per heavy atom. The Kier molecular flexibility index (Phi) is 7.07. The quantitative estimate of drug-likeness (QED) is 0.546. The first-order valence-corrected chi connectivity index (χ1v) is 9.15. The number of thioether (sulfide) groups is 1. The van der Waals surface area contributed by atoms with Gasteiger partial charge in [0.2, 0.25) is 0 Å². The minimum Gasteiger partial charge on any atom is -0.476 e. The van der Waals surface area contributed by atoms with Crippen molar-refractivity contribution in [2.24, 2.45) is 0 Å². The van der Waals surface area contributed by atoms with Crippen LogP contribution >= 0.6 is 11.8 Å². The fourth-order valence-corrected chi connectivity index (χ4v) is 3.80. The summed E-state index contributed by atoms with van der Waals surface area (Å²) in [6.07, 6.45) is -2.80. The molecule has 0 amide bonds. The summed E-state index contributed by atoms with van der Waals surface area (Å²) in [6.45, 7) is 3.67. The molecule has 144 valence electrons. The molecule has 1 heterocycles. The van der Waals surface area contributed by atoms with E-state index in [4.69, 9.17) is 24.2 Å². The summed E-state index contributed by atoms with van der Waals surface area (Å²) in [5, 5.41) is 9.01. The Morgan fingerprint density at radius 1 is 1.04 bits per heavy atom. The van der Waals surface area contributed by atoms with E-state index in [1.165, 1.54) is 32.5 Å². The number of nitriles is 1. The number of esters is 3. The molecule has 0 saturated carbocycles. The number of carbonyl (C=O) groups is 3. The van der Waals surface area contributed by atoms with Crippen molar-refractivity contribution in [2.45, 2.75) is 44.5 Å². The Labute approximate surface area is 160 Å². The number of rotatable bonds is 5. The summed E-state index contributed by atoms with van der Waals surface area (Å²) in [7, 11) is 0. The molecule has 4 atom stereocenters. The summed E-state index contributed by atoms with van der Waals surface area (Å²) < 4.78 is 21.7. The van der Waals surface area contributed by atoms with Gasteiger partial charge in [0.25, 0.3) is 0 Å². The highest BCUT2D eigenvalue weighted by molar-refractivity contribution is 7.99. The largest absolute Gasteiger partial charge is 0.476 e. The van der Waals surface area contributed by atoms with Crippen LogP contribution in [0.25, 0.3) is 0 Å². The zero-order chi connectivity index (χ0) is 20.0. The van der Waals surface area contributed by atoms with Gasteiger partial charge >= 0.3 is 17.9 Å². The fourth-order valence-electron chi connectivity index (χ4n) is 2.58. The smallest absolute Gasteiger partial charge is 0.303 e. The molecule has 0 N–H and O–H groups in total. The number of ether oxygens (including phenoxy) is 4. The summed E-state index contributed by atoms with van der Waals surface area (Å²) in [5.74, 6) is -1.07. The minimum absolute atomic E-state index is 0.276. The Hall–Kier alpha value is -2.73. The standard InChI is InChI=1S/C18H19NO7S/c1-10(20)23-15-9-27-18(26-14-6-4-5-13(7-14)8-19)17(25-12(3)22)16(15)24-11(2)21/h4-7,15-18H,9H2,1-3H3/t15-,16+,17-,18+/m1/s1. The second kappa shape index (κ2) is 9.28. The second-order valence-corrected chi connectivity index (χ2v) is 6.89. The van der Waals surface area contributed by atoms with Crippen molar-refractivity contribution < 1.29 is 33.3 Å². The normalized spacial score (nSPS) is 24.2. The van der Waals surface area contributed by atoms with E-state index in [1.54, 1.807) is 24.3 Å². The maximum absolute atomic E-state index is 11.6. The second-order valence-electron chi connectivity index (χ2n) is 5.76. The molecule has 1 fully saturated rings. The van der Waals surface area contributed by atoms with Crippen LogP contribution < -0.4 is 4.74 Å². The molecule has 0 bridgehead atoms. The van der Waals surface area contributed by atoms with Crippen molar-refractivity contribution in [1.82, 2.24) is 0 Å². The molecule has 8 nitrogen and oxygen atoms in total. The molecule has 2 rings (SSSR count). The molecule has 0 spiro atoms. The number of nitrogens with zero attached hydrogens (tertiary/aromatic N) is 1. The minimum atomic E-state index is -1.01. The summed E-state index contributed by atoms with van der Waals surface area (Å²) in [5.41, 5.74) is -0.314. The van der Waals surface area contributed by atoms with Gasteiger partial charge in [-0.3, -0.25) is 14.4 Å². The van der Waals surface area contributed by atoms with Crippen LogP contribution in [0.5, 0.6) is 5.75 Å². The van der Waals surface area contributed by atoms with Crippen molar-refractivity contribution in [3.8, 4) is 11.8 Å². The van der Waals surface area contributed by atoms with Crippen molar-refractivity contribution in [3.63, 3.8) is 0 Å². The maximum Gasteiger partial charge on any atom is 0.303 e. The van der Waals surface area contributed by atoms with E-state index in [1.807, 2.05) is 6.07 Å². The van der Waals surface area contributed by atoms with Gasteiger partial charge in [-0.05, 0) is 18.2 Å². The predicted octanol–water partition coefficient (Wildman–Crippen LogP) is 1.81. The van der Waals surface area contributed by atoms with Gasteiger partial charge in [0.05, 0.1) is 11.6 Å². The predicted molar refractivity (Wildman–Crippen MR) is 94.7 cm³/mol. The first-order valence-electron chi connectivity index (χ1n) is 8.10. The molecule has 27 heavy (non-hydrogen) atoms. The average Bonchev–Trinajstić information content (AvgIpc) is 2.59. The van der Waals surface area contributed by atoms with Crippen molar-refractivity contribution in [3.05, 3.63) is 29.8 Å². The topological polar surface area (TPSA) is 112 Å². The lowest BCUT2D eigenvalue weighted by Crippen LogP contribution is -2.55. The van der Waals surface area contributed by atoms with Crippen LogP contribution in [0.3, 0.4) is 0 Å². The lowest BCUT2D eigenvalue weighted by Gasteiger charge is -2.39. The molecule has 0 radical (unpaired) electrons. The summed E-state index contributed by atoms with van der Waals surface area (Å²) in [6, 6.07) is 8.50. The van der Waals surface area contributed by atoms with Crippen molar-refractivity contribution in [1.29, 1.82) is 5.26 Å². The number of benzene rings is 1. The molecular weight excluding hydrogens is 374 g/mol. The monoisotopic (exact) mass is 393 g/mol. The van der Waals surface area contributed by atoms with E-state index in [0.29, 0.717) is 11.3 Å². The molecule has 1 aliphatic rings. The van der Waals surface area contributed by atoms with Crippen LogP contribution in [0, 0.1) is 11.3 Å². The number of hydrogen-bond acceptors (Lipinski definition) is 9. The van der Waals surface area contributed by atoms with E-state index >= 15 is 0 Å². The molecule has 0 aliphatic carbocycles. The third kappa shape index (κ3) is 5.89. The highest BCUT2D eigenvalue weighted by Gasteiger charge is 2.47. The van der Waals surface area contributed by atoms with Gasteiger partial charge in [-0.1, -0.05) is 6.07 Å². The summed E-state index contributed by atoms with van der Waals surface area (Å²) >= 11 is 1.25. The number of hydrogen-bond donors (Lipinski definition) is 0. The highest BCUT2D eigenvalue weighted by atomic mass is 32.2. The summed E-state index contributed by atoms with van der Waals surface area (Å²) in [4.78, 5) is 34.5. The van der Waals surface area contributed by atoms with Crippen LogP contribution in [0.1, 0.15) is 26.3 Å². The van der Waals surface area contributed by atoms with Gasteiger partial charge in [0.1, 0.15) is 5.75 Å². The maximum atomic E-state index is 11.6. The third-order valence-electron chi connectivity index (χ3n) is 3.52. The van der Waals surface area contributed by atoms with Crippen molar-refractivity contribution >= 4 is 29.7 Å². The van der Waals surface area contributed by atoms with Gasteiger partial charge < -0.3 is 18.9 Å². The first kappa shape index (κ1) is 20.6. The van der Waals surface area contributed by atoms with Crippen LogP contribution in [-0.4, -0.2) is 47.4 Å². The Morgan fingerprint density at radius 2 is 1.67 bits per heavy atom. The van der Waals surface area contributed by atoms with Crippen LogP contribution in [0.4, 0.5) is 0 Å². The molecule has 9 heteroatoms. The molecule has 0 unspecified atom stereocenters. The average molecular weight is 393 g/mol. The van der Waals surface area contributed by atoms with Crippen LogP contribution in [0.15, 0.2) is 24.3 Å². The molecule has 1 aromatic rings. The lowest BCUT2D eigenvalue weighted by molar-refractivity contribution is -0.186. The molecular formula is C18H19NO7S. The fraction of sp³-hybridized carbons (Fsp3) is 0.444.